The second kappa shape index (κ2) is 8.39. The smallest absolute Gasteiger partial charge is 0.347 e. The lowest BCUT2D eigenvalue weighted by Crippen LogP contribution is -2.28. The number of carbonyl (C=O) groups excluding carboxylic acids is 1. The molecule has 0 amide bonds. The first-order valence-electron chi connectivity index (χ1n) is 9.41. The molecule has 0 fully saturated rings. The lowest BCUT2D eigenvalue weighted by atomic mass is 10.0. The Bertz CT molecular complexity index is 1100. The molecule has 0 N–H and O–H groups in total. The molecule has 6 heteroatoms. The summed E-state index contributed by atoms with van der Waals surface area (Å²) in [6.45, 7) is 7.26. The molecule has 1 heterocycles. The Morgan fingerprint density at radius 1 is 1.14 bits per heavy atom. The van der Waals surface area contributed by atoms with E-state index in [4.69, 9.17) is 18.6 Å². The van der Waals surface area contributed by atoms with E-state index in [1.165, 1.54) is 0 Å². The van der Waals surface area contributed by atoms with Crippen LogP contribution in [0.1, 0.15) is 25.0 Å². The Balaban J connectivity index is 2.23. The van der Waals surface area contributed by atoms with E-state index >= 15 is 0 Å². The summed E-state index contributed by atoms with van der Waals surface area (Å²) in [5.74, 6) is 0.362. The molecule has 0 aliphatic rings. The topological polar surface area (TPSA) is 75.0 Å². The van der Waals surface area contributed by atoms with E-state index < -0.39 is 12.1 Å². The fourth-order valence-electron chi connectivity index (χ4n) is 3.20. The Morgan fingerprint density at radius 2 is 1.83 bits per heavy atom. The highest BCUT2D eigenvalue weighted by atomic mass is 16.6. The molecule has 0 bridgehead atoms. The molecule has 3 aromatic rings. The number of hydrogen-bond acceptors (Lipinski definition) is 6. The highest BCUT2D eigenvalue weighted by Crippen LogP contribution is 2.33. The van der Waals surface area contributed by atoms with Crippen molar-refractivity contribution < 1.29 is 23.4 Å². The highest BCUT2D eigenvalue weighted by Gasteiger charge is 2.24. The van der Waals surface area contributed by atoms with Gasteiger partial charge in [0.2, 0.25) is 11.2 Å². The van der Waals surface area contributed by atoms with Crippen molar-refractivity contribution in [2.75, 3.05) is 13.7 Å². The van der Waals surface area contributed by atoms with E-state index in [1.807, 2.05) is 26.0 Å². The summed E-state index contributed by atoms with van der Waals surface area (Å²) in [5, 5.41) is 0.430. The van der Waals surface area contributed by atoms with Gasteiger partial charge in [0.15, 0.2) is 11.9 Å². The van der Waals surface area contributed by atoms with Crippen molar-refractivity contribution in [2.24, 2.45) is 0 Å². The monoisotopic (exact) mass is 396 g/mol. The van der Waals surface area contributed by atoms with Gasteiger partial charge in [0.1, 0.15) is 11.3 Å². The van der Waals surface area contributed by atoms with Gasteiger partial charge in [-0.1, -0.05) is 6.07 Å². The Labute approximate surface area is 169 Å². The Kier molecular flexibility index (Phi) is 5.92. The van der Waals surface area contributed by atoms with Crippen LogP contribution in [0.3, 0.4) is 0 Å². The maximum atomic E-state index is 13.3. The molecule has 1 aromatic heterocycles. The zero-order valence-corrected chi connectivity index (χ0v) is 17.2. The number of carbonyl (C=O) groups is 1. The van der Waals surface area contributed by atoms with Crippen LogP contribution in [0.25, 0.3) is 22.3 Å². The van der Waals surface area contributed by atoms with Gasteiger partial charge in [-0.2, -0.15) is 0 Å². The average Bonchev–Trinajstić information content (AvgIpc) is 2.69. The second-order valence-electron chi connectivity index (χ2n) is 6.79. The minimum Gasteiger partial charge on any atom is -0.497 e. The summed E-state index contributed by atoms with van der Waals surface area (Å²) in [6.07, 6.45) is -0.960. The van der Waals surface area contributed by atoms with Crippen LogP contribution in [0, 0.1) is 13.8 Å². The SMILES string of the molecule is CCOC(=O)[C@H](C)Oc1c(-c2ccc(OC)cc2)oc2cc(C)cc(C)c2c1=O. The van der Waals surface area contributed by atoms with Crippen LogP contribution < -0.4 is 14.9 Å². The molecular weight excluding hydrogens is 372 g/mol. The number of methoxy groups -OCH3 is 1. The molecule has 2 aromatic carbocycles. The minimum absolute atomic E-state index is 0.0184. The van der Waals surface area contributed by atoms with Gasteiger partial charge in [-0.25, -0.2) is 4.79 Å². The summed E-state index contributed by atoms with van der Waals surface area (Å²) >= 11 is 0. The fourth-order valence-corrected chi connectivity index (χ4v) is 3.20. The molecule has 6 nitrogen and oxygen atoms in total. The van der Waals surface area contributed by atoms with Gasteiger partial charge < -0.3 is 18.6 Å². The van der Waals surface area contributed by atoms with Gasteiger partial charge in [-0.3, -0.25) is 4.79 Å². The zero-order chi connectivity index (χ0) is 21.1. The van der Waals surface area contributed by atoms with Crippen molar-refractivity contribution in [1.82, 2.24) is 0 Å². The molecule has 0 radical (unpaired) electrons. The lowest BCUT2D eigenvalue weighted by Gasteiger charge is -2.17. The first kappa shape index (κ1) is 20.5. The Hall–Kier alpha value is -3.28. The van der Waals surface area contributed by atoms with Gasteiger partial charge in [-0.15, -0.1) is 0 Å². The Morgan fingerprint density at radius 3 is 2.45 bits per heavy atom. The van der Waals surface area contributed by atoms with Crippen LogP contribution in [0.15, 0.2) is 45.6 Å². The molecule has 3 rings (SSSR count). The number of esters is 1. The second-order valence-corrected chi connectivity index (χ2v) is 6.79. The van der Waals surface area contributed by atoms with E-state index in [-0.39, 0.29) is 23.5 Å². The fraction of sp³-hybridized carbons (Fsp3) is 0.304. The van der Waals surface area contributed by atoms with Gasteiger partial charge in [0, 0.05) is 5.56 Å². The minimum atomic E-state index is -0.960. The molecule has 0 saturated carbocycles. The molecule has 29 heavy (non-hydrogen) atoms. The zero-order valence-electron chi connectivity index (χ0n) is 17.2. The van der Waals surface area contributed by atoms with Crippen LogP contribution in [0.4, 0.5) is 0 Å². The highest BCUT2D eigenvalue weighted by molar-refractivity contribution is 5.85. The van der Waals surface area contributed by atoms with E-state index in [2.05, 4.69) is 0 Å². The van der Waals surface area contributed by atoms with Gasteiger partial charge in [0.05, 0.1) is 19.1 Å². The molecular formula is C23H24O6. The van der Waals surface area contributed by atoms with Gasteiger partial charge in [0.25, 0.3) is 0 Å². The van der Waals surface area contributed by atoms with Crippen molar-refractivity contribution in [3.63, 3.8) is 0 Å². The standard InChI is InChI=1S/C23H24O6/c1-6-27-23(25)15(4)28-22-20(24)19-14(3)11-13(2)12-18(19)29-21(22)16-7-9-17(26-5)10-8-16/h7-12,15H,6H2,1-5H3/t15-/m0/s1. The maximum Gasteiger partial charge on any atom is 0.347 e. The molecule has 0 saturated heterocycles. The number of benzene rings is 2. The van der Waals surface area contributed by atoms with Crippen molar-refractivity contribution in [1.29, 1.82) is 0 Å². The van der Waals surface area contributed by atoms with Crippen LogP contribution in [-0.4, -0.2) is 25.8 Å². The van der Waals surface area contributed by atoms with Crippen molar-refractivity contribution in [3.8, 4) is 22.8 Å². The summed E-state index contributed by atoms with van der Waals surface area (Å²) in [6, 6.07) is 10.8. The van der Waals surface area contributed by atoms with Crippen LogP contribution in [-0.2, 0) is 9.53 Å². The van der Waals surface area contributed by atoms with E-state index in [9.17, 15) is 9.59 Å². The third-order valence-electron chi connectivity index (χ3n) is 4.56. The molecule has 152 valence electrons. The third kappa shape index (κ3) is 4.11. The van der Waals surface area contributed by atoms with E-state index in [0.29, 0.717) is 22.3 Å². The summed E-state index contributed by atoms with van der Waals surface area (Å²) in [4.78, 5) is 25.4. The first-order chi connectivity index (χ1) is 13.8. The van der Waals surface area contributed by atoms with E-state index in [1.54, 1.807) is 45.2 Å². The third-order valence-corrected chi connectivity index (χ3v) is 4.56. The largest absolute Gasteiger partial charge is 0.497 e. The number of aryl methyl sites for hydroxylation is 2. The molecule has 0 aliphatic carbocycles. The van der Waals surface area contributed by atoms with Crippen LogP contribution in [0.2, 0.25) is 0 Å². The predicted octanol–water partition coefficient (Wildman–Crippen LogP) is 4.42. The average molecular weight is 396 g/mol. The van der Waals surface area contributed by atoms with Crippen LogP contribution in [0.5, 0.6) is 11.5 Å². The van der Waals surface area contributed by atoms with Crippen molar-refractivity contribution in [3.05, 3.63) is 57.7 Å². The van der Waals surface area contributed by atoms with Gasteiger partial charge in [-0.05, 0) is 69.2 Å². The lowest BCUT2D eigenvalue weighted by molar-refractivity contribution is -0.150. The quantitative estimate of drug-likeness (QED) is 0.575. The number of rotatable bonds is 6. The maximum absolute atomic E-state index is 13.3. The first-order valence-corrected chi connectivity index (χ1v) is 9.41. The van der Waals surface area contributed by atoms with Crippen molar-refractivity contribution in [2.45, 2.75) is 33.8 Å². The van der Waals surface area contributed by atoms with Gasteiger partial charge >= 0.3 is 5.97 Å². The number of hydrogen-bond donors (Lipinski definition) is 0. The predicted molar refractivity (Wildman–Crippen MR) is 111 cm³/mol. The molecule has 0 aliphatic heterocycles. The normalized spacial score (nSPS) is 11.9. The molecule has 0 spiro atoms. The van der Waals surface area contributed by atoms with Crippen molar-refractivity contribution >= 4 is 16.9 Å². The number of ether oxygens (including phenoxy) is 3. The van der Waals surface area contributed by atoms with Crippen LogP contribution >= 0.6 is 0 Å². The van der Waals surface area contributed by atoms with E-state index in [0.717, 1.165) is 11.1 Å². The molecule has 1 atom stereocenters. The summed E-state index contributed by atoms with van der Waals surface area (Å²) in [5.41, 5.74) is 2.53. The summed E-state index contributed by atoms with van der Waals surface area (Å²) < 4.78 is 22.1. The number of fused-ring (bicyclic) bond motifs is 1. The summed E-state index contributed by atoms with van der Waals surface area (Å²) in [7, 11) is 1.58. The molecule has 0 unspecified atom stereocenters.